The van der Waals surface area contributed by atoms with Crippen molar-refractivity contribution in [1.29, 1.82) is 0 Å². The van der Waals surface area contributed by atoms with Gasteiger partial charge in [0.15, 0.2) is 5.16 Å². The maximum absolute atomic E-state index is 12.4. The molecule has 30 heavy (non-hydrogen) atoms. The minimum Gasteiger partial charge on any atom is -0.378 e. The van der Waals surface area contributed by atoms with Crippen LogP contribution in [0.5, 0.6) is 0 Å². The van der Waals surface area contributed by atoms with E-state index >= 15 is 0 Å². The van der Waals surface area contributed by atoms with Gasteiger partial charge in [-0.2, -0.15) is 0 Å². The van der Waals surface area contributed by atoms with Crippen LogP contribution in [0.4, 0.5) is 11.8 Å². The van der Waals surface area contributed by atoms with Gasteiger partial charge < -0.3 is 14.2 Å². The third kappa shape index (κ3) is 4.65. The third-order valence-corrected chi connectivity index (χ3v) is 5.57. The van der Waals surface area contributed by atoms with E-state index in [2.05, 4.69) is 25.6 Å². The van der Waals surface area contributed by atoms with Crippen molar-refractivity contribution in [3.63, 3.8) is 0 Å². The van der Waals surface area contributed by atoms with Crippen LogP contribution in [0.15, 0.2) is 46.1 Å². The average Bonchev–Trinajstić information content (AvgIpc) is 3.41. The molecule has 0 spiro atoms. The maximum atomic E-state index is 12.4. The van der Waals surface area contributed by atoms with E-state index in [1.807, 2.05) is 48.7 Å². The molecule has 0 radical (unpaired) electrons. The Labute approximate surface area is 178 Å². The number of thioether (sulfide) groups is 1. The molecule has 1 aliphatic heterocycles. The second kappa shape index (κ2) is 9.31. The number of anilines is 2. The molecule has 1 amide bonds. The second-order valence-corrected chi connectivity index (χ2v) is 8.10. The highest BCUT2D eigenvalue weighted by Crippen LogP contribution is 2.27. The monoisotopic (exact) mass is 428 g/mol. The minimum atomic E-state index is -0.193. The molecule has 0 saturated carbocycles. The highest BCUT2D eigenvalue weighted by molar-refractivity contribution is 7.99. The summed E-state index contributed by atoms with van der Waals surface area (Å²) >= 11 is 1.32. The summed E-state index contributed by atoms with van der Waals surface area (Å²) in [5, 5.41) is 16.1. The number of nitrogens with zero attached hydrogens (tertiary/aromatic N) is 5. The van der Waals surface area contributed by atoms with Gasteiger partial charge in [-0.3, -0.25) is 14.7 Å². The van der Waals surface area contributed by atoms with Crippen molar-refractivity contribution in [1.82, 2.24) is 19.9 Å². The number of carbonyl (C=O) groups is 1. The van der Waals surface area contributed by atoms with Gasteiger partial charge >= 0.3 is 0 Å². The zero-order valence-corrected chi connectivity index (χ0v) is 17.8. The molecule has 1 N–H and O–H groups in total. The summed E-state index contributed by atoms with van der Waals surface area (Å²) < 4.78 is 12.6. The molecule has 4 rings (SSSR count). The lowest BCUT2D eigenvalue weighted by molar-refractivity contribution is -0.113. The Bertz CT molecular complexity index is 982. The number of ether oxygens (including phenoxy) is 1. The number of hydrogen-bond acceptors (Lipinski definition) is 8. The molecule has 1 aliphatic rings. The number of para-hydroxylation sites is 1. The molecule has 1 fully saturated rings. The molecule has 0 atom stereocenters. The molecule has 3 heterocycles. The fourth-order valence-corrected chi connectivity index (χ4v) is 3.80. The Morgan fingerprint density at radius 1 is 1.20 bits per heavy atom. The van der Waals surface area contributed by atoms with Gasteiger partial charge in [0.2, 0.25) is 17.7 Å². The number of morpholine rings is 1. The lowest BCUT2D eigenvalue weighted by atomic mass is 10.1. The number of hydrogen-bond donors (Lipinski definition) is 1. The van der Waals surface area contributed by atoms with E-state index in [-0.39, 0.29) is 17.6 Å². The number of aromatic nitrogens is 4. The molecule has 0 unspecified atom stereocenters. The van der Waals surface area contributed by atoms with Gasteiger partial charge in [0.05, 0.1) is 30.3 Å². The summed E-state index contributed by atoms with van der Waals surface area (Å²) in [5.74, 6) is 1.32. The molecule has 1 aromatic carbocycles. The van der Waals surface area contributed by atoms with Crippen LogP contribution in [0.1, 0.15) is 25.5 Å². The molecular weight excluding hydrogens is 404 g/mol. The van der Waals surface area contributed by atoms with Gasteiger partial charge in [-0.25, -0.2) is 0 Å². The van der Waals surface area contributed by atoms with Crippen molar-refractivity contribution < 1.29 is 14.1 Å². The zero-order chi connectivity index (χ0) is 20.9. The van der Waals surface area contributed by atoms with Crippen molar-refractivity contribution in [2.75, 3.05) is 42.3 Å². The first-order chi connectivity index (χ1) is 14.6. The summed E-state index contributed by atoms with van der Waals surface area (Å²) in [4.78, 5) is 14.6. The molecular formula is C20H24N6O3S. The summed E-state index contributed by atoms with van der Waals surface area (Å²) in [6.45, 7) is 6.84. The standard InChI is InChI=1S/C20H24N6O3S/c1-14(2)16-12-18(29-24-16)21-17(27)13-30-20-23-22-19(25-8-10-28-11-9-25)26(20)15-6-4-3-5-7-15/h3-7,12,14H,8-11,13H2,1-2H3,(H,21,27). The van der Waals surface area contributed by atoms with Crippen molar-refractivity contribution >= 4 is 29.5 Å². The predicted molar refractivity (Wildman–Crippen MR) is 114 cm³/mol. The summed E-state index contributed by atoms with van der Waals surface area (Å²) in [6.07, 6.45) is 0. The largest absolute Gasteiger partial charge is 0.378 e. The van der Waals surface area contributed by atoms with E-state index in [1.165, 1.54) is 11.8 Å². The van der Waals surface area contributed by atoms with Crippen LogP contribution < -0.4 is 10.2 Å². The highest BCUT2D eigenvalue weighted by Gasteiger charge is 2.22. The second-order valence-electron chi connectivity index (χ2n) is 7.16. The third-order valence-electron chi connectivity index (χ3n) is 4.64. The molecule has 1 saturated heterocycles. The Balaban J connectivity index is 1.49. The van der Waals surface area contributed by atoms with Crippen molar-refractivity contribution in [2.24, 2.45) is 0 Å². The average molecular weight is 429 g/mol. The van der Waals surface area contributed by atoms with E-state index in [0.717, 1.165) is 30.4 Å². The Morgan fingerprint density at radius 3 is 2.67 bits per heavy atom. The molecule has 9 nitrogen and oxygen atoms in total. The van der Waals surface area contributed by atoms with Crippen LogP contribution in [-0.2, 0) is 9.53 Å². The topological polar surface area (TPSA) is 98.3 Å². The molecule has 10 heteroatoms. The van der Waals surface area contributed by atoms with Crippen LogP contribution in [0.25, 0.3) is 5.69 Å². The van der Waals surface area contributed by atoms with Crippen LogP contribution >= 0.6 is 11.8 Å². The smallest absolute Gasteiger partial charge is 0.237 e. The minimum absolute atomic E-state index is 0.172. The number of benzene rings is 1. The zero-order valence-electron chi connectivity index (χ0n) is 16.9. The summed E-state index contributed by atoms with van der Waals surface area (Å²) in [6, 6.07) is 11.6. The van der Waals surface area contributed by atoms with Gasteiger partial charge in [-0.15, -0.1) is 10.2 Å². The van der Waals surface area contributed by atoms with E-state index < -0.39 is 0 Å². The Morgan fingerprint density at radius 2 is 1.97 bits per heavy atom. The fraction of sp³-hybridized carbons (Fsp3) is 0.400. The number of carbonyl (C=O) groups excluding carboxylic acids is 1. The normalized spacial score (nSPS) is 14.3. The Hall–Kier alpha value is -2.85. The Kier molecular flexibility index (Phi) is 6.34. The van der Waals surface area contributed by atoms with Crippen molar-refractivity contribution in [2.45, 2.75) is 24.9 Å². The summed E-state index contributed by atoms with van der Waals surface area (Å²) in [7, 11) is 0. The molecule has 158 valence electrons. The number of nitrogens with one attached hydrogen (secondary N) is 1. The van der Waals surface area contributed by atoms with Crippen LogP contribution in [-0.4, -0.2) is 57.9 Å². The van der Waals surface area contributed by atoms with E-state index in [4.69, 9.17) is 9.26 Å². The first kappa shape index (κ1) is 20.4. The van der Waals surface area contributed by atoms with Crippen LogP contribution in [0.3, 0.4) is 0 Å². The SMILES string of the molecule is CC(C)c1cc(NC(=O)CSc2nnc(N3CCOCC3)n2-c2ccccc2)on1. The van der Waals surface area contributed by atoms with Gasteiger partial charge in [0, 0.05) is 19.2 Å². The first-order valence-corrected chi connectivity index (χ1v) is 10.8. The number of amides is 1. The maximum Gasteiger partial charge on any atom is 0.237 e. The quantitative estimate of drug-likeness (QED) is 0.574. The van der Waals surface area contributed by atoms with Gasteiger partial charge in [-0.1, -0.05) is 49.0 Å². The van der Waals surface area contributed by atoms with Crippen LogP contribution in [0, 0.1) is 0 Å². The van der Waals surface area contributed by atoms with E-state index in [0.29, 0.717) is 24.3 Å². The highest BCUT2D eigenvalue weighted by atomic mass is 32.2. The van der Waals surface area contributed by atoms with Crippen LogP contribution in [0.2, 0.25) is 0 Å². The predicted octanol–water partition coefficient (Wildman–Crippen LogP) is 2.95. The lowest BCUT2D eigenvalue weighted by Gasteiger charge is -2.27. The van der Waals surface area contributed by atoms with E-state index in [1.54, 1.807) is 6.07 Å². The molecule has 0 bridgehead atoms. The van der Waals surface area contributed by atoms with Gasteiger partial charge in [-0.05, 0) is 18.1 Å². The van der Waals surface area contributed by atoms with Gasteiger partial charge in [0.1, 0.15) is 0 Å². The molecule has 0 aliphatic carbocycles. The fourth-order valence-electron chi connectivity index (χ4n) is 3.05. The van der Waals surface area contributed by atoms with E-state index in [9.17, 15) is 4.79 Å². The molecule has 2 aromatic heterocycles. The van der Waals surface area contributed by atoms with Gasteiger partial charge in [0.25, 0.3) is 0 Å². The number of rotatable bonds is 7. The van der Waals surface area contributed by atoms with Crippen molar-refractivity contribution in [3.05, 3.63) is 42.1 Å². The van der Waals surface area contributed by atoms with Crippen molar-refractivity contribution in [3.8, 4) is 5.69 Å². The first-order valence-electron chi connectivity index (χ1n) is 9.84. The lowest BCUT2D eigenvalue weighted by Crippen LogP contribution is -2.37. The summed E-state index contributed by atoms with van der Waals surface area (Å²) in [5.41, 5.74) is 1.75. The molecule has 3 aromatic rings.